The number of nitrogens with one attached hydrogen (secondary N) is 1. The molecule has 0 radical (unpaired) electrons. The van der Waals surface area contributed by atoms with Crippen LogP contribution in [0.4, 0.5) is 22.0 Å². The minimum atomic E-state index is -6.11. The Morgan fingerprint density at radius 2 is 1.18 bits per heavy atom. The molecular formula is C13H24F5NO2S. The maximum absolute atomic E-state index is 12.7. The number of halogens is 5. The van der Waals surface area contributed by atoms with E-state index in [1.54, 1.807) is 0 Å². The lowest BCUT2D eigenvalue weighted by Gasteiger charge is -2.19. The molecule has 0 saturated carbocycles. The molecule has 1 N–H and O–H groups in total. The van der Waals surface area contributed by atoms with Crippen LogP contribution >= 0.6 is 0 Å². The second-order valence-electron chi connectivity index (χ2n) is 5.24. The minimum absolute atomic E-state index is 0.238. The molecule has 0 amide bonds. The van der Waals surface area contributed by atoms with Crippen molar-refractivity contribution in [3.05, 3.63) is 0 Å². The standard InChI is InChI=1S/C13H24F5NO2S/c1-2-3-4-5-6-7-8-9-10-11-19-22(20,21)13(17,18)12(14,15)16/h19H,2-11H2,1H3. The Balaban J connectivity index is 3.84. The predicted molar refractivity (Wildman–Crippen MR) is 75.2 cm³/mol. The molecule has 0 aliphatic carbocycles. The Kier molecular flexibility index (Phi) is 9.45. The van der Waals surface area contributed by atoms with Gasteiger partial charge in [0.2, 0.25) is 0 Å². The molecule has 0 aromatic heterocycles. The van der Waals surface area contributed by atoms with Crippen molar-refractivity contribution in [3.8, 4) is 0 Å². The van der Waals surface area contributed by atoms with Crippen molar-refractivity contribution in [2.75, 3.05) is 6.54 Å². The normalized spacial score (nSPS) is 13.5. The van der Waals surface area contributed by atoms with Gasteiger partial charge in [0.05, 0.1) is 0 Å². The Bertz CT molecular complexity index is 396. The van der Waals surface area contributed by atoms with Crippen molar-refractivity contribution in [1.29, 1.82) is 0 Å². The van der Waals surface area contributed by atoms with Crippen LogP contribution in [-0.2, 0) is 10.0 Å². The summed E-state index contributed by atoms with van der Waals surface area (Å²) < 4.78 is 84.5. The molecule has 0 heterocycles. The molecule has 0 bridgehead atoms. The molecule has 9 heteroatoms. The van der Waals surface area contributed by atoms with Crippen LogP contribution < -0.4 is 4.72 Å². The van der Waals surface area contributed by atoms with E-state index in [0.29, 0.717) is 6.42 Å². The van der Waals surface area contributed by atoms with Crippen molar-refractivity contribution in [2.45, 2.75) is 76.1 Å². The van der Waals surface area contributed by atoms with E-state index in [0.717, 1.165) is 32.1 Å². The zero-order chi connectivity index (χ0) is 17.3. The lowest BCUT2D eigenvalue weighted by Crippen LogP contribution is -2.50. The summed E-state index contributed by atoms with van der Waals surface area (Å²) in [4.78, 5) is 0. The van der Waals surface area contributed by atoms with Crippen molar-refractivity contribution in [1.82, 2.24) is 4.72 Å². The molecule has 22 heavy (non-hydrogen) atoms. The van der Waals surface area contributed by atoms with Gasteiger partial charge in [-0.2, -0.15) is 22.0 Å². The second-order valence-corrected chi connectivity index (χ2v) is 7.05. The SMILES string of the molecule is CCCCCCCCCCCNS(=O)(=O)C(F)(F)C(F)(F)F. The van der Waals surface area contributed by atoms with Gasteiger partial charge in [-0.1, -0.05) is 58.3 Å². The third-order valence-electron chi connectivity index (χ3n) is 3.24. The van der Waals surface area contributed by atoms with Gasteiger partial charge < -0.3 is 0 Å². The lowest BCUT2D eigenvalue weighted by molar-refractivity contribution is -0.241. The molecule has 0 atom stereocenters. The zero-order valence-corrected chi connectivity index (χ0v) is 13.5. The van der Waals surface area contributed by atoms with Crippen LogP contribution in [0.1, 0.15) is 64.7 Å². The largest absolute Gasteiger partial charge is 0.470 e. The van der Waals surface area contributed by atoms with Gasteiger partial charge >= 0.3 is 11.4 Å². The molecule has 0 fully saturated rings. The first-order valence-corrected chi connectivity index (χ1v) is 8.98. The van der Waals surface area contributed by atoms with Crippen molar-refractivity contribution >= 4 is 10.0 Å². The van der Waals surface area contributed by atoms with E-state index in [1.807, 2.05) is 0 Å². The summed E-state index contributed by atoms with van der Waals surface area (Å²) in [6, 6.07) is 0. The fraction of sp³-hybridized carbons (Fsp3) is 1.00. The molecule has 0 unspecified atom stereocenters. The molecule has 3 nitrogen and oxygen atoms in total. The Morgan fingerprint density at radius 3 is 1.59 bits per heavy atom. The van der Waals surface area contributed by atoms with Crippen LogP contribution in [0.3, 0.4) is 0 Å². The van der Waals surface area contributed by atoms with Gasteiger partial charge in [-0.3, -0.25) is 0 Å². The van der Waals surface area contributed by atoms with Gasteiger partial charge in [-0.25, -0.2) is 13.1 Å². The molecule has 0 rings (SSSR count). The molecule has 0 spiro atoms. The van der Waals surface area contributed by atoms with E-state index >= 15 is 0 Å². The van der Waals surface area contributed by atoms with Gasteiger partial charge in [0.1, 0.15) is 0 Å². The van der Waals surface area contributed by atoms with Crippen LogP contribution in [-0.4, -0.2) is 26.4 Å². The summed E-state index contributed by atoms with van der Waals surface area (Å²) >= 11 is 0. The van der Waals surface area contributed by atoms with Gasteiger partial charge in [-0.15, -0.1) is 0 Å². The molecule has 0 aliphatic rings. The lowest BCUT2D eigenvalue weighted by atomic mass is 10.1. The fourth-order valence-electron chi connectivity index (χ4n) is 1.89. The van der Waals surface area contributed by atoms with Gasteiger partial charge in [0.25, 0.3) is 10.0 Å². The Hall–Kier alpha value is -0.440. The van der Waals surface area contributed by atoms with Crippen molar-refractivity contribution in [3.63, 3.8) is 0 Å². The fourth-order valence-corrected chi connectivity index (χ4v) is 2.78. The van der Waals surface area contributed by atoms with E-state index in [1.165, 1.54) is 17.6 Å². The van der Waals surface area contributed by atoms with Crippen LogP contribution in [0.5, 0.6) is 0 Å². The highest BCUT2D eigenvalue weighted by molar-refractivity contribution is 7.90. The highest BCUT2D eigenvalue weighted by Gasteiger charge is 2.67. The summed E-state index contributed by atoms with van der Waals surface area (Å²) in [6.07, 6.45) is 2.17. The van der Waals surface area contributed by atoms with E-state index in [4.69, 9.17) is 0 Å². The van der Waals surface area contributed by atoms with Crippen LogP contribution in [0, 0.1) is 0 Å². The summed E-state index contributed by atoms with van der Waals surface area (Å²) in [5, 5.41) is -5.76. The van der Waals surface area contributed by atoms with Gasteiger partial charge in [0.15, 0.2) is 0 Å². The van der Waals surface area contributed by atoms with E-state index in [9.17, 15) is 30.4 Å². The molecule has 0 aliphatic heterocycles. The molecular weight excluding hydrogens is 329 g/mol. The van der Waals surface area contributed by atoms with Gasteiger partial charge in [-0.05, 0) is 6.42 Å². The predicted octanol–water partition coefficient (Wildman–Crippen LogP) is 4.59. The average molecular weight is 353 g/mol. The van der Waals surface area contributed by atoms with Crippen molar-refractivity contribution < 1.29 is 30.4 Å². The second kappa shape index (κ2) is 9.64. The molecule has 134 valence electrons. The van der Waals surface area contributed by atoms with Crippen LogP contribution in [0.25, 0.3) is 0 Å². The highest BCUT2D eigenvalue weighted by Crippen LogP contribution is 2.39. The summed E-state index contributed by atoms with van der Waals surface area (Å²) in [5.74, 6) is 0. The number of hydrogen-bond donors (Lipinski definition) is 1. The number of rotatable bonds is 12. The first-order valence-electron chi connectivity index (χ1n) is 7.50. The third kappa shape index (κ3) is 7.21. The molecule has 0 aromatic rings. The maximum Gasteiger partial charge on any atom is 0.470 e. The molecule has 0 aromatic carbocycles. The summed E-state index contributed by atoms with van der Waals surface area (Å²) in [7, 11) is -5.73. The Morgan fingerprint density at radius 1 is 0.773 bits per heavy atom. The van der Waals surface area contributed by atoms with Crippen molar-refractivity contribution in [2.24, 2.45) is 0 Å². The quantitative estimate of drug-likeness (QED) is 0.412. The first kappa shape index (κ1) is 21.6. The maximum atomic E-state index is 12.7. The first-order chi connectivity index (χ1) is 10.1. The van der Waals surface area contributed by atoms with E-state index in [2.05, 4.69) is 6.92 Å². The smallest absolute Gasteiger partial charge is 0.210 e. The van der Waals surface area contributed by atoms with E-state index in [-0.39, 0.29) is 6.42 Å². The third-order valence-corrected chi connectivity index (χ3v) is 4.73. The monoisotopic (exact) mass is 353 g/mol. The minimum Gasteiger partial charge on any atom is -0.210 e. The van der Waals surface area contributed by atoms with Crippen LogP contribution in [0.15, 0.2) is 0 Å². The molecule has 0 saturated heterocycles. The highest BCUT2D eigenvalue weighted by atomic mass is 32.2. The number of alkyl halides is 5. The number of sulfonamides is 1. The van der Waals surface area contributed by atoms with Crippen LogP contribution in [0.2, 0.25) is 0 Å². The Labute approximate surface area is 128 Å². The summed E-state index contributed by atoms with van der Waals surface area (Å²) in [6.45, 7) is 1.70. The zero-order valence-electron chi connectivity index (χ0n) is 12.7. The number of unbranched alkanes of at least 4 members (excludes halogenated alkanes) is 8. The van der Waals surface area contributed by atoms with Gasteiger partial charge in [0, 0.05) is 6.54 Å². The average Bonchev–Trinajstić information content (AvgIpc) is 2.39. The summed E-state index contributed by atoms with van der Waals surface area (Å²) in [5.41, 5.74) is 0. The number of hydrogen-bond acceptors (Lipinski definition) is 2. The van der Waals surface area contributed by atoms with E-state index < -0.39 is 28.0 Å². The topological polar surface area (TPSA) is 46.2 Å².